The maximum absolute atomic E-state index is 13.2. The second-order valence-electron chi connectivity index (χ2n) is 3.44. The van der Waals surface area contributed by atoms with E-state index in [1.807, 2.05) is 0 Å². The molecule has 0 radical (unpaired) electrons. The number of nitrogens with one attached hydrogen (secondary N) is 1. The molecule has 0 spiro atoms. The molecular weight excluding hydrogens is 239 g/mol. The van der Waals surface area contributed by atoms with Crippen LogP contribution in [0.1, 0.15) is 30.0 Å². The molecule has 1 heterocycles. The van der Waals surface area contributed by atoms with Crippen LogP contribution >= 0.6 is 0 Å². The zero-order valence-corrected chi connectivity index (χ0v) is 10.0. The summed E-state index contributed by atoms with van der Waals surface area (Å²) in [6.45, 7) is 3.20. The van der Waals surface area contributed by atoms with Crippen molar-refractivity contribution in [1.82, 2.24) is 10.3 Å². The zero-order valence-electron chi connectivity index (χ0n) is 10.0. The summed E-state index contributed by atoms with van der Waals surface area (Å²) in [6.07, 6.45) is 1.60. The molecule has 1 aromatic heterocycles. The van der Waals surface area contributed by atoms with Crippen LogP contribution in [0.3, 0.4) is 0 Å². The highest BCUT2D eigenvalue weighted by atomic mass is 19.1. The number of aryl methyl sites for hydroxylation is 1. The Balaban J connectivity index is 2.94. The van der Waals surface area contributed by atoms with E-state index in [0.717, 1.165) is 6.07 Å². The van der Waals surface area contributed by atoms with E-state index in [1.165, 1.54) is 19.1 Å². The molecule has 1 rings (SSSR count). The smallest absolute Gasteiger partial charge is 0.352 e. The van der Waals surface area contributed by atoms with Gasteiger partial charge in [-0.2, -0.15) is 0 Å². The first-order chi connectivity index (χ1) is 8.49. The normalized spacial score (nSPS) is 11.2. The Labute approximate surface area is 103 Å². The fourth-order valence-electron chi connectivity index (χ4n) is 1.29. The lowest BCUT2D eigenvalue weighted by Crippen LogP contribution is -2.28. The number of carboxylic acid groups (broad SMARTS) is 1. The van der Waals surface area contributed by atoms with E-state index >= 15 is 0 Å². The maximum atomic E-state index is 13.2. The minimum Gasteiger partial charge on any atom is -0.477 e. The minimum atomic E-state index is -1.25. The lowest BCUT2D eigenvalue weighted by molar-refractivity contribution is -0.133. The van der Waals surface area contributed by atoms with Crippen LogP contribution < -0.4 is 5.32 Å². The number of carbonyl (C=O) groups excluding carboxylic acids is 1. The topological polar surface area (TPSA) is 79.3 Å². The number of hydrogen-bond acceptors (Lipinski definition) is 3. The van der Waals surface area contributed by atoms with Crippen LogP contribution in [-0.4, -0.2) is 22.0 Å². The summed E-state index contributed by atoms with van der Waals surface area (Å²) in [6, 6.07) is 2.34. The van der Waals surface area contributed by atoms with Gasteiger partial charge in [-0.05, 0) is 25.5 Å². The molecule has 1 aromatic rings. The third kappa shape index (κ3) is 3.13. The van der Waals surface area contributed by atoms with Crippen LogP contribution in [0, 0.1) is 5.82 Å². The summed E-state index contributed by atoms with van der Waals surface area (Å²) in [5.41, 5.74) is -0.0990. The molecule has 18 heavy (non-hydrogen) atoms. The number of amides is 1. The second-order valence-corrected chi connectivity index (χ2v) is 3.44. The van der Waals surface area contributed by atoms with Crippen LogP contribution in [0.5, 0.6) is 0 Å². The molecule has 0 aliphatic heterocycles. The molecule has 5 nitrogen and oxygen atoms in total. The molecule has 0 saturated carbocycles. The number of nitrogens with zero attached hydrogens (tertiary/aromatic N) is 1. The number of aliphatic carboxylic acids is 1. The Morgan fingerprint density at radius 3 is 2.67 bits per heavy atom. The molecule has 0 aromatic carbocycles. The molecule has 6 heteroatoms. The van der Waals surface area contributed by atoms with Crippen molar-refractivity contribution < 1.29 is 19.1 Å². The molecule has 0 unspecified atom stereocenters. The first kappa shape index (κ1) is 13.8. The highest BCUT2D eigenvalue weighted by Crippen LogP contribution is 2.07. The van der Waals surface area contributed by atoms with E-state index in [4.69, 9.17) is 5.11 Å². The molecule has 1 amide bonds. The van der Waals surface area contributed by atoms with E-state index in [9.17, 15) is 14.0 Å². The number of carboxylic acids is 1. The van der Waals surface area contributed by atoms with Crippen molar-refractivity contribution in [2.45, 2.75) is 20.3 Å². The second kappa shape index (κ2) is 5.90. The van der Waals surface area contributed by atoms with Gasteiger partial charge in [-0.15, -0.1) is 0 Å². The molecular formula is C12H13FN2O3. The fourth-order valence-corrected chi connectivity index (χ4v) is 1.29. The highest BCUT2D eigenvalue weighted by Gasteiger charge is 2.14. The number of pyridine rings is 1. The Morgan fingerprint density at radius 2 is 2.17 bits per heavy atom. The van der Waals surface area contributed by atoms with Gasteiger partial charge in [0.2, 0.25) is 0 Å². The summed E-state index contributed by atoms with van der Waals surface area (Å²) in [7, 11) is 0. The van der Waals surface area contributed by atoms with Gasteiger partial charge in [0.15, 0.2) is 0 Å². The van der Waals surface area contributed by atoms with Crippen molar-refractivity contribution in [3.05, 3.63) is 41.1 Å². The average Bonchev–Trinajstić information content (AvgIpc) is 2.35. The Kier molecular flexibility index (Phi) is 4.53. The van der Waals surface area contributed by atoms with E-state index in [-0.39, 0.29) is 17.1 Å². The minimum absolute atomic E-state index is 0.0196. The van der Waals surface area contributed by atoms with Crippen molar-refractivity contribution >= 4 is 11.9 Å². The first-order valence-corrected chi connectivity index (χ1v) is 5.36. The first-order valence-electron chi connectivity index (χ1n) is 5.36. The summed E-state index contributed by atoms with van der Waals surface area (Å²) in [5.74, 6) is -2.41. The average molecular weight is 252 g/mol. The van der Waals surface area contributed by atoms with E-state index in [0.29, 0.717) is 6.42 Å². The van der Waals surface area contributed by atoms with E-state index in [1.54, 1.807) is 6.92 Å². The molecule has 0 saturated heterocycles. The molecule has 0 aliphatic rings. The lowest BCUT2D eigenvalue weighted by atomic mass is 10.2. The van der Waals surface area contributed by atoms with Crippen LogP contribution in [0.4, 0.5) is 4.39 Å². The monoisotopic (exact) mass is 252 g/mol. The number of halogens is 1. The van der Waals surface area contributed by atoms with Gasteiger partial charge in [-0.25, -0.2) is 14.2 Å². The molecule has 2 N–H and O–H groups in total. The van der Waals surface area contributed by atoms with Crippen LogP contribution in [0.25, 0.3) is 0 Å². The molecule has 0 atom stereocenters. The third-order valence-corrected chi connectivity index (χ3v) is 2.25. The summed E-state index contributed by atoms with van der Waals surface area (Å²) in [5, 5.41) is 10.9. The van der Waals surface area contributed by atoms with Crippen LogP contribution in [0.2, 0.25) is 0 Å². The number of hydrogen-bond donors (Lipinski definition) is 2. The van der Waals surface area contributed by atoms with Gasteiger partial charge < -0.3 is 10.4 Å². The van der Waals surface area contributed by atoms with Crippen molar-refractivity contribution in [3.8, 4) is 0 Å². The predicted octanol–water partition coefficient (Wildman–Crippen LogP) is 1.50. The van der Waals surface area contributed by atoms with Gasteiger partial charge in [0.25, 0.3) is 5.91 Å². The Bertz CT molecular complexity index is 512. The summed E-state index contributed by atoms with van der Waals surface area (Å²) >= 11 is 0. The largest absolute Gasteiger partial charge is 0.477 e. The quantitative estimate of drug-likeness (QED) is 0.796. The lowest BCUT2D eigenvalue weighted by Gasteiger charge is -2.06. The van der Waals surface area contributed by atoms with Gasteiger partial charge in [0, 0.05) is 0 Å². The van der Waals surface area contributed by atoms with Gasteiger partial charge in [-0.3, -0.25) is 4.79 Å². The molecule has 0 fully saturated rings. The predicted molar refractivity (Wildman–Crippen MR) is 62.4 cm³/mol. The van der Waals surface area contributed by atoms with Gasteiger partial charge >= 0.3 is 5.97 Å². The zero-order chi connectivity index (χ0) is 13.7. The number of carbonyl (C=O) groups is 2. The number of aromatic nitrogens is 1. The van der Waals surface area contributed by atoms with Crippen LogP contribution in [-0.2, 0) is 11.2 Å². The summed E-state index contributed by atoms with van der Waals surface area (Å²) in [4.78, 5) is 26.2. The highest BCUT2D eigenvalue weighted by molar-refractivity contribution is 5.99. The van der Waals surface area contributed by atoms with Crippen molar-refractivity contribution in [3.63, 3.8) is 0 Å². The fraction of sp³-hybridized carbons (Fsp3) is 0.250. The van der Waals surface area contributed by atoms with E-state index in [2.05, 4.69) is 10.3 Å². The molecule has 96 valence electrons. The molecule has 0 aliphatic carbocycles. The third-order valence-electron chi connectivity index (χ3n) is 2.25. The van der Waals surface area contributed by atoms with Crippen LogP contribution in [0.15, 0.2) is 23.9 Å². The van der Waals surface area contributed by atoms with Crippen molar-refractivity contribution in [1.29, 1.82) is 0 Å². The Morgan fingerprint density at radius 1 is 1.50 bits per heavy atom. The van der Waals surface area contributed by atoms with Crippen molar-refractivity contribution in [2.75, 3.05) is 0 Å². The van der Waals surface area contributed by atoms with Gasteiger partial charge in [-0.1, -0.05) is 13.0 Å². The van der Waals surface area contributed by atoms with E-state index < -0.39 is 17.7 Å². The maximum Gasteiger partial charge on any atom is 0.352 e. The number of allylic oxidation sites excluding steroid dienone is 1. The van der Waals surface area contributed by atoms with Gasteiger partial charge in [0.1, 0.15) is 17.2 Å². The van der Waals surface area contributed by atoms with Crippen molar-refractivity contribution in [2.24, 2.45) is 0 Å². The Hall–Kier alpha value is -2.24. The standard InChI is InChI=1S/C12H13FN2O3/c1-3-8-7(13)5-6-10(14-8)11(16)15-9(4-2)12(17)18/h4-6H,3H2,1-2H3,(H,15,16)(H,17,18)/b9-4+. The summed E-state index contributed by atoms with van der Waals surface area (Å²) < 4.78 is 13.2. The van der Waals surface area contributed by atoms with Gasteiger partial charge in [0.05, 0.1) is 5.69 Å². The molecule has 0 bridgehead atoms. The number of rotatable bonds is 4. The SMILES string of the molecule is C/C=C(/NC(=O)c1ccc(F)c(CC)n1)C(=O)O.